The zero-order valence-electron chi connectivity index (χ0n) is 16.5. The van der Waals surface area contributed by atoms with Crippen molar-refractivity contribution < 1.29 is 9.59 Å². The van der Waals surface area contributed by atoms with Gasteiger partial charge in [-0.3, -0.25) is 9.59 Å². The van der Waals surface area contributed by atoms with Gasteiger partial charge in [0.15, 0.2) is 5.71 Å². The molecule has 5 nitrogen and oxygen atoms in total. The third-order valence-electron chi connectivity index (χ3n) is 5.30. The average molecular weight is 375 g/mol. The Morgan fingerprint density at radius 1 is 1.14 bits per heavy atom. The molecule has 1 aliphatic heterocycles. The molecule has 1 heterocycles. The van der Waals surface area contributed by atoms with Crippen LogP contribution in [0.25, 0.3) is 0 Å². The number of carbonyl (C=O) groups is 2. The van der Waals surface area contributed by atoms with Crippen LogP contribution in [0.3, 0.4) is 0 Å². The van der Waals surface area contributed by atoms with Crippen molar-refractivity contribution >= 4 is 23.2 Å². The molecule has 144 valence electrons. The molecule has 2 aromatic carbocycles. The van der Waals surface area contributed by atoms with Gasteiger partial charge >= 0.3 is 0 Å². The van der Waals surface area contributed by atoms with Crippen LogP contribution in [0.4, 0.5) is 5.69 Å². The Morgan fingerprint density at radius 2 is 1.89 bits per heavy atom. The lowest BCUT2D eigenvalue weighted by Gasteiger charge is -2.19. The summed E-state index contributed by atoms with van der Waals surface area (Å²) in [6.07, 6.45) is 2.33. The number of carbonyl (C=O) groups excluding carboxylic acids is 2. The van der Waals surface area contributed by atoms with E-state index in [-0.39, 0.29) is 17.2 Å². The van der Waals surface area contributed by atoms with E-state index < -0.39 is 0 Å². The van der Waals surface area contributed by atoms with Crippen LogP contribution in [0.15, 0.2) is 53.6 Å². The molecule has 0 radical (unpaired) electrons. The van der Waals surface area contributed by atoms with Crippen molar-refractivity contribution in [1.82, 2.24) is 5.43 Å². The molecule has 0 unspecified atom stereocenters. The predicted molar refractivity (Wildman–Crippen MR) is 111 cm³/mol. The molecule has 0 spiro atoms. The van der Waals surface area contributed by atoms with Crippen molar-refractivity contribution in [3.8, 4) is 0 Å². The molecular weight excluding hydrogens is 350 g/mol. The standard InChI is InChI=1S/C23H25N3O2/c1-23(2,3)17-8-6-7-16(13-17)21(27)25-24-20-18-9-4-5-10-19(18)26(22(20)28)14-15-11-12-15/h4-10,13,15H,11-12,14H2,1-3H3,(H,25,27)/b24-20+. The highest BCUT2D eigenvalue weighted by molar-refractivity contribution is 6.54. The van der Waals surface area contributed by atoms with Crippen LogP contribution < -0.4 is 10.3 Å². The van der Waals surface area contributed by atoms with Crippen molar-refractivity contribution in [1.29, 1.82) is 0 Å². The first kappa shape index (κ1) is 18.4. The van der Waals surface area contributed by atoms with Crippen LogP contribution in [0, 0.1) is 5.92 Å². The highest BCUT2D eigenvalue weighted by Crippen LogP contribution is 2.35. The number of rotatable bonds is 4. The van der Waals surface area contributed by atoms with Crippen LogP contribution in [-0.4, -0.2) is 24.1 Å². The summed E-state index contributed by atoms with van der Waals surface area (Å²) in [6.45, 7) is 7.03. The molecule has 0 saturated heterocycles. The van der Waals surface area contributed by atoms with Gasteiger partial charge in [-0.25, -0.2) is 5.43 Å². The molecule has 1 fully saturated rings. The Balaban J connectivity index is 1.57. The summed E-state index contributed by atoms with van der Waals surface area (Å²) in [7, 11) is 0. The van der Waals surface area contributed by atoms with E-state index in [0.717, 1.165) is 23.4 Å². The van der Waals surface area contributed by atoms with Crippen molar-refractivity contribution in [3.63, 3.8) is 0 Å². The van der Waals surface area contributed by atoms with Gasteiger partial charge in [0.1, 0.15) is 0 Å². The zero-order valence-corrected chi connectivity index (χ0v) is 16.5. The largest absolute Gasteiger partial charge is 0.306 e. The maximum Gasteiger partial charge on any atom is 0.279 e. The van der Waals surface area contributed by atoms with E-state index in [1.165, 1.54) is 12.8 Å². The summed E-state index contributed by atoms with van der Waals surface area (Å²) < 4.78 is 0. The summed E-state index contributed by atoms with van der Waals surface area (Å²) in [5, 5.41) is 4.22. The number of amides is 2. The minimum absolute atomic E-state index is 0.0497. The molecular formula is C23H25N3O2. The Bertz CT molecular complexity index is 968. The number of para-hydroxylation sites is 1. The number of fused-ring (bicyclic) bond motifs is 1. The second-order valence-corrected chi connectivity index (χ2v) is 8.61. The van der Waals surface area contributed by atoms with E-state index in [0.29, 0.717) is 17.2 Å². The number of anilines is 1. The molecule has 1 N–H and O–H groups in total. The lowest BCUT2D eigenvalue weighted by Crippen LogP contribution is -2.33. The van der Waals surface area contributed by atoms with Gasteiger partial charge < -0.3 is 4.90 Å². The van der Waals surface area contributed by atoms with Gasteiger partial charge in [0, 0.05) is 17.7 Å². The Kier molecular flexibility index (Phi) is 4.53. The van der Waals surface area contributed by atoms with Gasteiger partial charge in [-0.05, 0) is 47.9 Å². The Labute approximate surface area is 165 Å². The van der Waals surface area contributed by atoms with Crippen molar-refractivity contribution in [2.75, 3.05) is 11.4 Å². The number of hydrazone groups is 1. The van der Waals surface area contributed by atoms with Crippen LogP contribution in [-0.2, 0) is 10.2 Å². The molecule has 0 atom stereocenters. The Morgan fingerprint density at radius 3 is 2.61 bits per heavy atom. The van der Waals surface area contributed by atoms with Gasteiger partial charge in [-0.2, -0.15) is 5.10 Å². The lowest BCUT2D eigenvalue weighted by atomic mass is 9.86. The smallest absolute Gasteiger partial charge is 0.279 e. The molecule has 4 rings (SSSR count). The maximum absolute atomic E-state index is 12.9. The maximum atomic E-state index is 12.9. The SMILES string of the molecule is CC(C)(C)c1cccc(C(=O)N/N=C2/C(=O)N(CC3CC3)c3ccccc32)c1. The highest BCUT2D eigenvalue weighted by Gasteiger charge is 2.37. The molecule has 1 saturated carbocycles. The molecule has 0 aromatic heterocycles. The topological polar surface area (TPSA) is 61.8 Å². The van der Waals surface area contributed by atoms with Gasteiger partial charge in [-0.1, -0.05) is 51.1 Å². The lowest BCUT2D eigenvalue weighted by molar-refractivity contribution is -0.112. The van der Waals surface area contributed by atoms with E-state index in [1.807, 2.05) is 42.5 Å². The summed E-state index contributed by atoms with van der Waals surface area (Å²) in [4.78, 5) is 27.3. The first-order chi connectivity index (χ1) is 13.3. The minimum Gasteiger partial charge on any atom is -0.306 e. The number of hydrogen-bond acceptors (Lipinski definition) is 3. The third-order valence-corrected chi connectivity index (χ3v) is 5.30. The van der Waals surface area contributed by atoms with Crippen LogP contribution in [0.5, 0.6) is 0 Å². The normalized spacial score (nSPS) is 17.8. The molecule has 2 aromatic rings. The first-order valence-corrected chi connectivity index (χ1v) is 9.74. The molecule has 0 bridgehead atoms. The summed E-state index contributed by atoms with van der Waals surface area (Å²) in [5.41, 5.74) is 6.09. The second-order valence-electron chi connectivity index (χ2n) is 8.61. The molecule has 28 heavy (non-hydrogen) atoms. The zero-order chi connectivity index (χ0) is 19.9. The molecule has 2 aliphatic rings. The third kappa shape index (κ3) is 3.57. The van der Waals surface area contributed by atoms with E-state index in [4.69, 9.17) is 0 Å². The molecule has 2 amide bonds. The fraction of sp³-hybridized carbons (Fsp3) is 0.348. The minimum atomic E-state index is -0.315. The second kappa shape index (κ2) is 6.89. The first-order valence-electron chi connectivity index (χ1n) is 9.74. The van der Waals surface area contributed by atoms with Crippen LogP contribution in [0.2, 0.25) is 0 Å². The fourth-order valence-electron chi connectivity index (χ4n) is 3.41. The van der Waals surface area contributed by atoms with Crippen molar-refractivity contribution in [2.45, 2.75) is 39.0 Å². The van der Waals surface area contributed by atoms with E-state index >= 15 is 0 Å². The molecule has 1 aliphatic carbocycles. The van der Waals surface area contributed by atoms with E-state index in [9.17, 15) is 9.59 Å². The molecule has 5 heteroatoms. The van der Waals surface area contributed by atoms with Gasteiger partial charge in [-0.15, -0.1) is 0 Å². The number of nitrogens with zero attached hydrogens (tertiary/aromatic N) is 2. The van der Waals surface area contributed by atoms with Crippen molar-refractivity contribution in [3.05, 3.63) is 65.2 Å². The van der Waals surface area contributed by atoms with E-state index in [2.05, 4.69) is 31.3 Å². The monoisotopic (exact) mass is 375 g/mol. The summed E-state index contributed by atoms with van der Waals surface area (Å²) in [5.74, 6) is 0.118. The number of hydrogen-bond donors (Lipinski definition) is 1. The van der Waals surface area contributed by atoms with Crippen molar-refractivity contribution in [2.24, 2.45) is 11.0 Å². The van der Waals surface area contributed by atoms with Crippen LogP contribution >= 0.6 is 0 Å². The predicted octanol–water partition coefficient (Wildman–Crippen LogP) is 3.87. The van der Waals surface area contributed by atoms with Gasteiger partial charge in [0.2, 0.25) is 0 Å². The van der Waals surface area contributed by atoms with Gasteiger partial charge in [0.05, 0.1) is 5.69 Å². The summed E-state index contributed by atoms with van der Waals surface area (Å²) >= 11 is 0. The summed E-state index contributed by atoms with van der Waals surface area (Å²) in [6, 6.07) is 15.1. The number of nitrogens with one attached hydrogen (secondary N) is 1. The fourth-order valence-corrected chi connectivity index (χ4v) is 3.41. The quantitative estimate of drug-likeness (QED) is 0.825. The number of benzene rings is 2. The van der Waals surface area contributed by atoms with E-state index in [1.54, 1.807) is 11.0 Å². The highest BCUT2D eigenvalue weighted by atomic mass is 16.2. The Hall–Kier alpha value is -2.95. The van der Waals surface area contributed by atoms with Crippen LogP contribution in [0.1, 0.15) is 55.1 Å². The average Bonchev–Trinajstić information content (AvgIpc) is 3.45. The van der Waals surface area contributed by atoms with Gasteiger partial charge in [0.25, 0.3) is 11.8 Å².